The Balaban J connectivity index is 1.60. The fourth-order valence-electron chi connectivity index (χ4n) is 4.32. The summed E-state index contributed by atoms with van der Waals surface area (Å²) in [6, 6.07) is 16.5. The van der Waals surface area contributed by atoms with Gasteiger partial charge >= 0.3 is 0 Å². The van der Waals surface area contributed by atoms with Crippen molar-refractivity contribution in [1.82, 2.24) is 0 Å². The van der Waals surface area contributed by atoms with E-state index < -0.39 is 0 Å². The molecule has 4 nitrogen and oxygen atoms in total. The molecule has 0 saturated heterocycles. The molecule has 4 rings (SSSR count). The molecule has 0 atom stereocenters. The van der Waals surface area contributed by atoms with Gasteiger partial charge in [0.15, 0.2) is 5.71 Å². The van der Waals surface area contributed by atoms with Crippen LogP contribution in [0.2, 0.25) is 0 Å². The van der Waals surface area contributed by atoms with Crippen LogP contribution in [0.1, 0.15) is 37.3 Å². The molecule has 0 bridgehead atoms. The zero-order valence-corrected chi connectivity index (χ0v) is 20.5. The summed E-state index contributed by atoms with van der Waals surface area (Å²) >= 11 is 0. The average Bonchev–Trinajstić information content (AvgIpc) is 2.84. The zero-order chi connectivity index (χ0) is 24.2. The van der Waals surface area contributed by atoms with Crippen molar-refractivity contribution in [2.24, 2.45) is 0 Å². The second-order valence-corrected chi connectivity index (χ2v) is 9.11. The zero-order valence-electron chi connectivity index (χ0n) is 20.5. The number of unbranched alkanes of at least 4 members (excludes halogenated alkanes) is 2. The van der Waals surface area contributed by atoms with E-state index in [0.717, 1.165) is 41.2 Å². The average molecular weight is 454 g/mol. The molecule has 2 aliphatic rings. The maximum atomic E-state index is 13.0. The summed E-state index contributed by atoms with van der Waals surface area (Å²) in [4.78, 5) is 15.3. The first-order valence-corrected chi connectivity index (χ1v) is 12.0. The van der Waals surface area contributed by atoms with Crippen LogP contribution in [0.5, 0.6) is 0 Å². The van der Waals surface area contributed by atoms with Crippen molar-refractivity contribution < 1.29 is 14.5 Å². The number of carbonyl (C=O) groups is 1. The van der Waals surface area contributed by atoms with Crippen molar-refractivity contribution >= 4 is 28.4 Å². The van der Waals surface area contributed by atoms with Crippen LogP contribution in [0.25, 0.3) is 5.57 Å². The van der Waals surface area contributed by atoms with Gasteiger partial charge in [-0.1, -0.05) is 49.6 Å². The number of hydrogen-bond acceptors (Lipinski definition) is 3. The first-order chi connectivity index (χ1) is 16.4. The molecule has 0 saturated carbocycles. The Morgan fingerprint density at radius 2 is 1.41 bits per heavy atom. The first kappa shape index (κ1) is 23.5. The summed E-state index contributed by atoms with van der Waals surface area (Å²) in [6.07, 6.45) is 11.1. The van der Waals surface area contributed by atoms with E-state index in [1.54, 1.807) is 0 Å². The van der Waals surface area contributed by atoms with Crippen molar-refractivity contribution in [3.05, 3.63) is 101 Å². The summed E-state index contributed by atoms with van der Waals surface area (Å²) < 4.78 is 2.00. The lowest BCUT2D eigenvalue weighted by molar-refractivity contribution is -0.462. The molecule has 0 aromatic heterocycles. The third-order valence-corrected chi connectivity index (χ3v) is 6.40. The van der Waals surface area contributed by atoms with Gasteiger partial charge in [-0.15, -0.1) is 0 Å². The third-order valence-electron chi connectivity index (χ3n) is 6.40. The largest absolute Gasteiger partial charge is 0.506 e. The molecule has 0 unspecified atom stereocenters. The molecule has 174 valence electrons. The number of aliphatic hydroxyl groups is 1. The van der Waals surface area contributed by atoms with Gasteiger partial charge in [0.05, 0.1) is 11.1 Å². The summed E-state index contributed by atoms with van der Waals surface area (Å²) in [5, 5.41) is 10.7. The molecule has 4 heteroatoms. The highest BCUT2D eigenvalue weighted by Gasteiger charge is 2.36. The molecule has 0 aliphatic heterocycles. The topological polar surface area (TPSA) is 43.5 Å². The van der Waals surface area contributed by atoms with E-state index in [2.05, 4.69) is 43.0 Å². The second kappa shape index (κ2) is 10.1. The van der Waals surface area contributed by atoms with E-state index in [9.17, 15) is 9.90 Å². The highest BCUT2D eigenvalue weighted by molar-refractivity contribution is 6.39. The molecule has 0 amide bonds. The molecule has 0 spiro atoms. The fourth-order valence-corrected chi connectivity index (χ4v) is 4.32. The summed E-state index contributed by atoms with van der Waals surface area (Å²) in [5.74, 6) is -0.0325. The smallest absolute Gasteiger partial charge is 0.201 e. The lowest BCUT2D eigenvalue weighted by Crippen LogP contribution is -2.23. The monoisotopic (exact) mass is 453 g/mol. The lowest BCUT2D eigenvalue weighted by Gasteiger charge is -2.27. The molecule has 2 aromatic carbocycles. The van der Waals surface area contributed by atoms with Crippen LogP contribution in [-0.4, -0.2) is 41.8 Å². The van der Waals surface area contributed by atoms with Gasteiger partial charge < -0.3 is 10.0 Å². The van der Waals surface area contributed by atoms with Crippen LogP contribution >= 0.6 is 0 Å². The number of benzene rings is 2. The van der Waals surface area contributed by atoms with Crippen LogP contribution in [-0.2, 0) is 4.79 Å². The molecule has 1 N–H and O–H groups in total. The Kier molecular flexibility index (Phi) is 6.97. The summed E-state index contributed by atoms with van der Waals surface area (Å²) in [5.41, 5.74) is 6.81. The number of nitrogens with zero attached hydrogens (tertiary/aromatic N) is 2. The normalized spacial score (nSPS) is 15.2. The molecule has 2 aromatic rings. The molecule has 0 heterocycles. The number of anilines is 2. The highest BCUT2D eigenvalue weighted by atomic mass is 16.3. The molecular formula is C30H33N2O2+. The number of ketones is 1. The molecule has 2 aliphatic carbocycles. The van der Waals surface area contributed by atoms with E-state index in [-0.39, 0.29) is 11.5 Å². The third kappa shape index (κ3) is 4.67. The van der Waals surface area contributed by atoms with E-state index in [4.69, 9.17) is 0 Å². The minimum Gasteiger partial charge on any atom is -0.506 e. The number of aryl methyl sites for hydroxylation is 1. The maximum absolute atomic E-state index is 13.0. The van der Waals surface area contributed by atoms with Gasteiger partial charge in [-0.3, -0.25) is 4.79 Å². The first-order valence-electron chi connectivity index (χ1n) is 12.0. The summed E-state index contributed by atoms with van der Waals surface area (Å²) in [7, 11) is 3.94. The highest BCUT2D eigenvalue weighted by Crippen LogP contribution is 2.39. The Morgan fingerprint density at radius 3 is 1.94 bits per heavy atom. The molecular weight excluding hydrogens is 420 g/mol. The Morgan fingerprint density at radius 1 is 0.824 bits per heavy atom. The number of aliphatic hydroxyl groups excluding tert-OH is 1. The number of allylic oxidation sites excluding steroid dienone is 7. The van der Waals surface area contributed by atoms with Gasteiger partial charge in [0.25, 0.3) is 0 Å². The predicted octanol–water partition coefficient (Wildman–Crippen LogP) is 6.31. The SMILES string of the molecule is CCCCCN(c1ccc(C)cc1)c1ccc(C2=C(O)C(=C3C=CC(=[N+](C)C)C=C3)C2=O)cc1. The summed E-state index contributed by atoms with van der Waals surface area (Å²) in [6.45, 7) is 5.24. The quantitative estimate of drug-likeness (QED) is 0.303. The van der Waals surface area contributed by atoms with Crippen molar-refractivity contribution in [2.75, 3.05) is 25.5 Å². The Hall–Kier alpha value is -3.66. The number of hydrogen-bond donors (Lipinski definition) is 1. The van der Waals surface area contributed by atoms with Gasteiger partial charge in [-0.2, -0.15) is 0 Å². The van der Waals surface area contributed by atoms with Crippen LogP contribution in [0.15, 0.2) is 89.7 Å². The number of Topliss-reactive ketones (excluding diaryl/α,β-unsaturated/α-hetero) is 1. The van der Waals surface area contributed by atoms with Crippen LogP contribution in [0.3, 0.4) is 0 Å². The van der Waals surface area contributed by atoms with E-state index >= 15 is 0 Å². The van der Waals surface area contributed by atoms with Gasteiger partial charge in [-0.05, 0) is 60.9 Å². The number of carbonyl (C=O) groups excluding carboxylic acids is 1. The molecule has 0 radical (unpaired) electrons. The predicted molar refractivity (Wildman–Crippen MR) is 141 cm³/mol. The Labute approximate surface area is 202 Å². The maximum Gasteiger partial charge on any atom is 0.201 e. The fraction of sp³-hybridized carbons (Fsp3) is 0.267. The van der Waals surface area contributed by atoms with Gasteiger partial charge in [0.1, 0.15) is 19.9 Å². The van der Waals surface area contributed by atoms with Crippen molar-refractivity contribution in [2.45, 2.75) is 33.1 Å². The van der Waals surface area contributed by atoms with Crippen LogP contribution in [0.4, 0.5) is 11.4 Å². The van der Waals surface area contributed by atoms with Crippen molar-refractivity contribution in [1.29, 1.82) is 0 Å². The molecule has 0 fully saturated rings. The van der Waals surface area contributed by atoms with Gasteiger partial charge in [0.2, 0.25) is 5.78 Å². The second-order valence-electron chi connectivity index (χ2n) is 9.11. The standard InChI is InChI=1S/C30H32N2O2/c1-5-6-7-20-32(25-14-8-21(2)9-15-25)26-18-12-23(13-19-26)28-29(33)27(30(28)34)22-10-16-24(17-11-22)31(3)4/h8-19H,5-7,20H2,1-4H3/p+1. The van der Waals surface area contributed by atoms with E-state index in [1.807, 2.05) is 67.2 Å². The molecule has 34 heavy (non-hydrogen) atoms. The van der Waals surface area contributed by atoms with Crippen LogP contribution < -0.4 is 4.90 Å². The lowest BCUT2D eigenvalue weighted by atomic mass is 9.80. The Bertz CT molecular complexity index is 1220. The number of rotatable bonds is 7. The minimum absolute atomic E-state index is 0.0775. The van der Waals surface area contributed by atoms with Crippen LogP contribution in [0, 0.1) is 6.92 Å². The van der Waals surface area contributed by atoms with E-state index in [0.29, 0.717) is 11.1 Å². The van der Waals surface area contributed by atoms with E-state index in [1.165, 1.54) is 18.4 Å². The van der Waals surface area contributed by atoms with Crippen molar-refractivity contribution in [3.63, 3.8) is 0 Å². The van der Waals surface area contributed by atoms with Gasteiger partial charge in [0, 0.05) is 30.1 Å². The van der Waals surface area contributed by atoms with Gasteiger partial charge in [-0.25, -0.2) is 4.58 Å². The van der Waals surface area contributed by atoms with Crippen molar-refractivity contribution in [3.8, 4) is 0 Å². The minimum atomic E-state index is -0.110.